The van der Waals surface area contributed by atoms with Crippen LogP contribution in [0.5, 0.6) is 0 Å². The summed E-state index contributed by atoms with van der Waals surface area (Å²) >= 11 is 0. The lowest BCUT2D eigenvalue weighted by Crippen LogP contribution is -2.69. The molecule has 0 radical (unpaired) electrons. The minimum atomic E-state index is 0.234. The van der Waals surface area contributed by atoms with Gasteiger partial charge in [0.2, 0.25) is 5.91 Å². The first-order chi connectivity index (χ1) is 11.1. The molecule has 6 heteroatoms. The molecule has 3 unspecified atom stereocenters. The zero-order valence-corrected chi connectivity index (χ0v) is 14.6. The highest BCUT2D eigenvalue weighted by Gasteiger charge is 2.59. The molecule has 3 atom stereocenters. The average Bonchev–Trinajstić information content (AvgIpc) is 2.47. The van der Waals surface area contributed by atoms with Crippen LogP contribution in [0.3, 0.4) is 0 Å². The monoisotopic (exact) mass is 322 g/mol. The van der Waals surface area contributed by atoms with Gasteiger partial charge in [-0.3, -0.25) is 9.79 Å². The number of carbonyl (C=O) groups is 1. The zero-order chi connectivity index (χ0) is 16.4. The van der Waals surface area contributed by atoms with Crippen LogP contribution in [-0.4, -0.2) is 62.2 Å². The Labute approximate surface area is 139 Å². The number of likely N-dealkylation sites (N-methyl/N-ethyl adjacent to an activating group) is 1. The molecule has 0 bridgehead atoms. The quantitative estimate of drug-likeness (QED) is 0.601. The van der Waals surface area contributed by atoms with E-state index >= 15 is 0 Å². The molecule has 0 aromatic rings. The highest BCUT2D eigenvalue weighted by molar-refractivity contribution is 5.81. The van der Waals surface area contributed by atoms with Crippen molar-refractivity contribution in [3.05, 3.63) is 0 Å². The van der Waals surface area contributed by atoms with Crippen LogP contribution in [0.1, 0.15) is 45.4 Å². The van der Waals surface area contributed by atoms with E-state index < -0.39 is 0 Å². The molecule has 6 nitrogen and oxygen atoms in total. The van der Waals surface area contributed by atoms with Gasteiger partial charge in [-0.05, 0) is 32.6 Å². The Morgan fingerprint density at radius 1 is 1.43 bits per heavy atom. The molecule has 1 amide bonds. The van der Waals surface area contributed by atoms with Crippen LogP contribution in [0.25, 0.3) is 0 Å². The van der Waals surface area contributed by atoms with Crippen LogP contribution in [0.2, 0.25) is 0 Å². The Morgan fingerprint density at radius 2 is 2.22 bits per heavy atom. The summed E-state index contributed by atoms with van der Waals surface area (Å²) in [7, 11) is 3.69. The number of amides is 1. The van der Waals surface area contributed by atoms with E-state index in [1.807, 2.05) is 14.1 Å². The minimum absolute atomic E-state index is 0.234. The highest BCUT2D eigenvalue weighted by Crippen LogP contribution is 2.57. The zero-order valence-electron chi connectivity index (χ0n) is 14.6. The van der Waals surface area contributed by atoms with Crippen LogP contribution >= 0.6 is 0 Å². The van der Waals surface area contributed by atoms with E-state index in [4.69, 9.17) is 4.74 Å². The number of nitrogens with zero attached hydrogens (tertiary/aromatic N) is 2. The predicted octanol–water partition coefficient (Wildman–Crippen LogP) is 1.12. The van der Waals surface area contributed by atoms with Gasteiger partial charge in [-0.1, -0.05) is 6.42 Å². The molecule has 1 saturated heterocycles. The summed E-state index contributed by atoms with van der Waals surface area (Å²) in [6.45, 7) is 3.62. The molecule has 1 aliphatic heterocycles. The summed E-state index contributed by atoms with van der Waals surface area (Å²) in [5, 5.41) is 7.11. The maximum absolute atomic E-state index is 11.6. The first kappa shape index (κ1) is 16.6. The number of hydrogen-bond acceptors (Lipinski definition) is 3. The number of carbonyl (C=O) groups excluding carboxylic acids is 1. The normalized spacial score (nSPS) is 33.2. The Kier molecular flexibility index (Phi) is 4.80. The van der Waals surface area contributed by atoms with E-state index in [-0.39, 0.29) is 11.9 Å². The fraction of sp³-hybridized carbons (Fsp3) is 0.882. The van der Waals surface area contributed by atoms with Gasteiger partial charge in [-0.25, -0.2) is 0 Å². The third kappa shape index (κ3) is 3.05. The number of rotatable bonds is 4. The maximum Gasteiger partial charge on any atom is 0.222 e. The second-order valence-electron chi connectivity index (χ2n) is 7.19. The van der Waals surface area contributed by atoms with E-state index in [1.54, 1.807) is 4.90 Å². The lowest BCUT2D eigenvalue weighted by Gasteiger charge is -2.61. The summed E-state index contributed by atoms with van der Waals surface area (Å²) in [6.07, 6.45) is 6.79. The Balaban J connectivity index is 1.53. The third-order valence-electron chi connectivity index (χ3n) is 5.94. The third-order valence-corrected chi connectivity index (χ3v) is 5.94. The first-order valence-electron chi connectivity index (χ1n) is 8.94. The number of piperidine rings is 1. The molecule has 3 rings (SSSR count). The molecule has 0 aromatic heterocycles. The minimum Gasteiger partial charge on any atom is -0.378 e. The molecule has 130 valence electrons. The van der Waals surface area contributed by atoms with Crippen LogP contribution < -0.4 is 10.6 Å². The van der Waals surface area contributed by atoms with Gasteiger partial charge in [0.15, 0.2) is 5.96 Å². The smallest absolute Gasteiger partial charge is 0.222 e. The number of hydrogen-bond donors (Lipinski definition) is 2. The van der Waals surface area contributed by atoms with Crippen molar-refractivity contribution in [3.63, 3.8) is 0 Å². The second kappa shape index (κ2) is 6.67. The van der Waals surface area contributed by atoms with E-state index in [0.717, 1.165) is 32.0 Å². The van der Waals surface area contributed by atoms with Gasteiger partial charge in [-0.2, -0.15) is 0 Å². The Hall–Kier alpha value is -1.30. The van der Waals surface area contributed by atoms with Crippen LogP contribution in [0.4, 0.5) is 0 Å². The largest absolute Gasteiger partial charge is 0.378 e. The van der Waals surface area contributed by atoms with Crippen molar-refractivity contribution in [2.24, 2.45) is 10.4 Å². The summed E-state index contributed by atoms with van der Waals surface area (Å²) in [6, 6.07) is 0.742. The lowest BCUT2D eigenvalue weighted by molar-refractivity contribution is -0.168. The first-order valence-corrected chi connectivity index (χ1v) is 8.94. The molecule has 3 fully saturated rings. The van der Waals surface area contributed by atoms with Crippen molar-refractivity contribution in [2.45, 2.75) is 63.6 Å². The van der Waals surface area contributed by atoms with Gasteiger partial charge in [-0.15, -0.1) is 0 Å². The SMILES string of the molecule is CCOC1CC(NC(=NC)NC2CCC(=O)N(C)C2)C12CCC2. The molecule has 1 spiro atoms. The molecule has 3 aliphatic rings. The molecule has 2 aliphatic carbocycles. The van der Waals surface area contributed by atoms with E-state index in [0.29, 0.717) is 24.0 Å². The van der Waals surface area contributed by atoms with Crippen LogP contribution in [0.15, 0.2) is 4.99 Å². The van der Waals surface area contributed by atoms with E-state index in [1.165, 1.54) is 19.3 Å². The molecule has 23 heavy (non-hydrogen) atoms. The van der Waals surface area contributed by atoms with E-state index in [2.05, 4.69) is 22.5 Å². The van der Waals surface area contributed by atoms with E-state index in [9.17, 15) is 4.79 Å². The summed E-state index contributed by atoms with van der Waals surface area (Å²) in [5.74, 6) is 1.10. The molecule has 2 saturated carbocycles. The van der Waals surface area contributed by atoms with Gasteiger partial charge in [0.05, 0.1) is 6.10 Å². The van der Waals surface area contributed by atoms with Gasteiger partial charge in [0.25, 0.3) is 0 Å². The van der Waals surface area contributed by atoms with Crippen molar-refractivity contribution in [1.29, 1.82) is 0 Å². The van der Waals surface area contributed by atoms with Gasteiger partial charge < -0.3 is 20.3 Å². The topological polar surface area (TPSA) is 66.0 Å². The highest BCUT2D eigenvalue weighted by atomic mass is 16.5. The van der Waals surface area contributed by atoms with Crippen LogP contribution in [-0.2, 0) is 9.53 Å². The molecular weight excluding hydrogens is 292 g/mol. The van der Waals surface area contributed by atoms with Gasteiger partial charge >= 0.3 is 0 Å². The van der Waals surface area contributed by atoms with Crippen LogP contribution in [0, 0.1) is 5.41 Å². The molecule has 2 N–H and O–H groups in total. The van der Waals surface area contributed by atoms with Crippen molar-refractivity contribution < 1.29 is 9.53 Å². The molecule has 1 heterocycles. The average molecular weight is 322 g/mol. The van der Waals surface area contributed by atoms with Crippen molar-refractivity contribution in [2.75, 3.05) is 27.2 Å². The Bertz CT molecular complexity index is 475. The maximum atomic E-state index is 11.6. The van der Waals surface area contributed by atoms with Gasteiger partial charge in [0.1, 0.15) is 0 Å². The fourth-order valence-corrected chi connectivity index (χ4v) is 4.30. The number of likely N-dealkylation sites (tertiary alicyclic amines) is 1. The van der Waals surface area contributed by atoms with Crippen molar-refractivity contribution in [3.8, 4) is 0 Å². The fourth-order valence-electron chi connectivity index (χ4n) is 4.30. The Morgan fingerprint density at radius 3 is 2.78 bits per heavy atom. The molecular formula is C17H30N4O2. The number of aliphatic imine (C=N–C) groups is 1. The second-order valence-corrected chi connectivity index (χ2v) is 7.19. The number of nitrogens with one attached hydrogen (secondary N) is 2. The molecule has 0 aromatic carbocycles. The summed E-state index contributed by atoms with van der Waals surface area (Å²) in [5.41, 5.74) is 0.326. The van der Waals surface area contributed by atoms with Gasteiger partial charge in [0, 0.05) is 51.2 Å². The summed E-state index contributed by atoms with van der Waals surface area (Å²) < 4.78 is 5.91. The number of guanidine groups is 1. The number of ether oxygens (including phenoxy) is 1. The van der Waals surface area contributed by atoms with Crippen molar-refractivity contribution >= 4 is 11.9 Å². The summed E-state index contributed by atoms with van der Waals surface area (Å²) in [4.78, 5) is 17.8. The lowest BCUT2D eigenvalue weighted by atomic mass is 9.51. The standard InChI is InChI=1S/C17H30N4O2/c1-4-23-14-10-13(17(14)8-5-9-17)20-16(18-2)19-12-6-7-15(22)21(3)11-12/h12-14H,4-11H2,1-3H3,(H2,18,19,20). The predicted molar refractivity (Wildman–Crippen MR) is 90.4 cm³/mol. The van der Waals surface area contributed by atoms with Crippen molar-refractivity contribution in [1.82, 2.24) is 15.5 Å².